The van der Waals surface area contributed by atoms with Gasteiger partial charge in [0.1, 0.15) is 0 Å². The SMILES string of the molecule is c1ccc(C2(C3CCNCC3)COC2)cc1. The Kier molecular flexibility index (Phi) is 2.70. The van der Waals surface area contributed by atoms with Crippen LogP contribution in [0.3, 0.4) is 0 Å². The van der Waals surface area contributed by atoms with Gasteiger partial charge in [0.2, 0.25) is 0 Å². The van der Waals surface area contributed by atoms with Gasteiger partial charge in [-0.2, -0.15) is 0 Å². The van der Waals surface area contributed by atoms with E-state index >= 15 is 0 Å². The average molecular weight is 217 g/mol. The largest absolute Gasteiger partial charge is 0.379 e. The van der Waals surface area contributed by atoms with Crippen LogP contribution in [0.1, 0.15) is 18.4 Å². The minimum Gasteiger partial charge on any atom is -0.379 e. The summed E-state index contributed by atoms with van der Waals surface area (Å²) < 4.78 is 5.53. The van der Waals surface area contributed by atoms with Gasteiger partial charge in [0.15, 0.2) is 0 Å². The normalized spacial score (nSPS) is 25.0. The summed E-state index contributed by atoms with van der Waals surface area (Å²) in [7, 11) is 0. The van der Waals surface area contributed by atoms with Crippen LogP contribution in [0.5, 0.6) is 0 Å². The van der Waals surface area contributed by atoms with Gasteiger partial charge in [0, 0.05) is 5.41 Å². The van der Waals surface area contributed by atoms with Crippen LogP contribution in [0.25, 0.3) is 0 Å². The van der Waals surface area contributed by atoms with Crippen molar-refractivity contribution < 1.29 is 4.74 Å². The monoisotopic (exact) mass is 217 g/mol. The van der Waals surface area contributed by atoms with Crippen molar-refractivity contribution in [3.63, 3.8) is 0 Å². The fourth-order valence-electron chi connectivity index (χ4n) is 3.10. The van der Waals surface area contributed by atoms with Crippen molar-refractivity contribution in [3.8, 4) is 0 Å². The Hall–Kier alpha value is -0.860. The van der Waals surface area contributed by atoms with Gasteiger partial charge in [0.25, 0.3) is 0 Å². The predicted molar refractivity (Wildman–Crippen MR) is 64.5 cm³/mol. The van der Waals surface area contributed by atoms with Gasteiger partial charge >= 0.3 is 0 Å². The molecule has 2 fully saturated rings. The van der Waals surface area contributed by atoms with Crippen LogP contribution in [-0.4, -0.2) is 26.3 Å². The Morgan fingerprint density at radius 3 is 2.31 bits per heavy atom. The molecule has 0 saturated carbocycles. The lowest BCUT2D eigenvalue weighted by atomic mass is 9.65. The maximum atomic E-state index is 5.53. The van der Waals surface area contributed by atoms with E-state index in [1.54, 1.807) is 0 Å². The molecule has 2 aliphatic rings. The van der Waals surface area contributed by atoms with Crippen molar-refractivity contribution in [3.05, 3.63) is 35.9 Å². The maximum absolute atomic E-state index is 5.53. The van der Waals surface area contributed by atoms with Crippen LogP contribution in [0.15, 0.2) is 30.3 Å². The molecule has 2 aliphatic heterocycles. The van der Waals surface area contributed by atoms with Crippen molar-refractivity contribution in [2.45, 2.75) is 18.3 Å². The molecule has 0 aliphatic carbocycles. The number of ether oxygens (including phenoxy) is 1. The number of hydrogen-bond acceptors (Lipinski definition) is 2. The molecule has 2 heteroatoms. The smallest absolute Gasteiger partial charge is 0.0588 e. The lowest BCUT2D eigenvalue weighted by Crippen LogP contribution is -2.54. The molecule has 1 N–H and O–H groups in total. The zero-order valence-corrected chi connectivity index (χ0v) is 9.61. The number of nitrogens with one attached hydrogen (secondary N) is 1. The zero-order valence-electron chi connectivity index (χ0n) is 9.61. The molecule has 2 heterocycles. The molecule has 0 amide bonds. The molecule has 0 atom stereocenters. The van der Waals surface area contributed by atoms with E-state index in [9.17, 15) is 0 Å². The number of hydrogen-bond donors (Lipinski definition) is 1. The molecule has 2 nitrogen and oxygen atoms in total. The zero-order chi connectivity index (χ0) is 10.8. The third-order valence-corrected chi connectivity index (χ3v) is 4.19. The maximum Gasteiger partial charge on any atom is 0.0588 e. The van der Waals surface area contributed by atoms with Gasteiger partial charge in [-0.3, -0.25) is 0 Å². The topological polar surface area (TPSA) is 21.3 Å². The number of rotatable bonds is 2. The summed E-state index contributed by atoms with van der Waals surface area (Å²) in [6, 6.07) is 10.9. The predicted octanol–water partition coefficient (Wildman–Crippen LogP) is 1.95. The van der Waals surface area contributed by atoms with E-state index in [-0.39, 0.29) is 0 Å². The summed E-state index contributed by atoms with van der Waals surface area (Å²) >= 11 is 0. The van der Waals surface area contributed by atoms with Crippen LogP contribution >= 0.6 is 0 Å². The first-order valence-electron chi connectivity index (χ1n) is 6.26. The highest BCUT2D eigenvalue weighted by Gasteiger charge is 2.46. The summed E-state index contributed by atoms with van der Waals surface area (Å²) in [4.78, 5) is 0. The third-order valence-electron chi connectivity index (χ3n) is 4.19. The van der Waals surface area contributed by atoms with Crippen LogP contribution in [0.4, 0.5) is 0 Å². The standard InChI is InChI=1S/C14H19NO/c1-2-4-12(5-3-1)14(10-16-11-14)13-6-8-15-9-7-13/h1-5,13,15H,6-11H2. The Morgan fingerprint density at radius 1 is 1.06 bits per heavy atom. The molecule has 3 rings (SSSR count). The van der Waals surface area contributed by atoms with Crippen molar-refractivity contribution >= 4 is 0 Å². The quantitative estimate of drug-likeness (QED) is 0.817. The van der Waals surface area contributed by atoms with Gasteiger partial charge in [-0.05, 0) is 37.4 Å². The first kappa shape index (κ1) is 10.3. The molecule has 1 aromatic carbocycles. The number of piperidine rings is 1. The van der Waals surface area contributed by atoms with Crippen LogP contribution in [0.2, 0.25) is 0 Å². The van der Waals surface area contributed by atoms with Gasteiger partial charge < -0.3 is 10.1 Å². The van der Waals surface area contributed by atoms with E-state index in [2.05, 4.69) is 35.6 Å². The van der Waals surface area contributed by atoms with Gasteiger partial charge in [-0.15, -0.1) is 0 Å². The average Bonchev–Trinajstić information content (AvgIpc) is 2.31. The molecule has 86 valence electrons. The molecule has 2 saturated heterocycles. The molecule has 16 heavy (non-hydrogen) atoms. The molecular weight excluding hydrogens is 198 g/mol. The van der Waals surface area contributed by atoms with Crippen LogP contribution < -0.4 is 5.32 Å². The Bertz CT molecular complexity index is 339. The molecule has 1 aromatic rings. The van der Waals surface area contributed by atoms with Crippen molar-refractivity contribution in [2.75, 3.05) is 26.3 Å². The van der Waals surface area contributed by atoms with Crippen LogP contribution in [-0.2, 0) is 10.2 Å². The van der Waals surface area contributed by atoms with E-state index in [1.165, 1.54) is 31.5 Å². The van der Waals surface area contributed by atoms with Crippen LogP contribution in [0, 0.1) is 5.92 Å². The second-order valence-electron chi connectivity index (χ2n) is 5.04. The fourth-order valence-corrected chi connectivity index (χ4v) is 3.10. The molecule has 0 unspecified atom stereocenters. The summed E-state index contributed by atoms with van der Waals surface area (Å²) in [6.07, 6.45) is 2.58. The lowest BCUT2D eigenvalue weighted by Gasteiger charge is -2.49. The van der Waals surface area contributed by atoms with E-state index in [0.717, 1.165) is 19.1 Å². The van der Waals surface area contributed by atoms with Crippen molar-refractivity contribution in [1.29, 1.82) is 0 Å². The second-order valence-corrected chi connectivity index (χ2v) is 5.04. The van der Waals surface area contributed by atoms with E-state index in [0.29, 0.717) is 5.41 Å². The Morgan fingerprint density at radius 2 is 1.75 bits per heavy atom. The molecule has 0 bridgehead atoms. The highest BCUT2D eigenvalue weighted by molar-refractivity contribution is 5.29. The van der Waals surface area contributed by atoms with E-state index < -0.39 is 0 Å². The fraction of sp³-hybridized carbons (Fsp3) is 0.571. The molecule has 0 radical (unpaired) electrons. The Balaban J connectivity index is 1.87. The summed E-state index contributed by atoms with van der Waals surface area (Å²) in [5, 5.41) is 3.45. The van der Waals surface area contributed by atoms with Crippen molar-refractivity contribution in [1.82, 2.24) is 5.32 Å². The van der Waals surface area contributed by atoms with E-state index in [4.69, 9.17) is 4.74 Å². The first-order chi connectivity index (χ1) is 7.92. The van der Waals surface area contributed by atoms with Crippen molar-refractivity contribution in [2.24, 2.45) is 5.92 Å². The highest BCUT2D eigenvalue weighted by Crippen LogP contribution is 2.43. The van der Waals surface area contributed by atoms with E-state index in [1.807, 2.05) is 0 Å². The molecule has 0 spiro atoms. The third kappa shape index (κ3) is 1.57. The molecular formula is C14H19NO. The summed E-state index contributed by atoms with van der Waals surface area (Å²) in [5.41, 5.74) is 1.80. The second kappa shape index (κ2) is 4.19. The molecule has 0 aromatic heterocycles. The minimum atomic E-state index is 0.323. The summed E-state index contributed by atoms with van der Waals surface area (Å²) in [6.45, 7) is 4.17. The van der Waals surface area contributed by atoms with Gasteiger partial charge in [-0.1, -0.05) is 30.3 Å². The Labute approximate surface area is 97.0 Å². The first-order valence-corrected chi connectivity index (χ1v) is 6.26. The van der Waals surface area contributed by atoms with Gasteiger partial charge in [0.05, 0.1) is 13.2 Å². The summed E-state index contributed by atoms with van der Waals surface area (Å²) in [5.74, 6) is 0.796. The lowest BCUT2D eigenvalue weighted by molar-refractivity contribution is -0.0963. The number of benzene rings is 1. The minimum absolute atomic E-state index is 0.323. The highest BCUT2D eigenvalue weighted by atomic mass is 16.5. The van der Waals surface area contributed by atoms with Gasteiger partial charge in [-0.25, -0.2) is 0 Å².